The van der Waals surface area contributed by atoms with Gasteiger partial charge in [0.1, 0.15) is 0 Å². The van der Waals surface area contributed by atoms with Crippen LogP contribution in [0.2, 0.25) is 0 Å². The average Bonchev–Trinajstić information content (AvgIpc) is 2.27. The van der Waals surface area contributed by atoms with Crippen LogP contribution in [0.15, 0.2) is 0 Å². The van der Waals surface area contributed by atoms with Gasteiger partial charge in [-0.15, -0.1) is 0 Å². The molecule has 4 heteroatoms. The third-order valence-electron chi connectivity index (χ3n) is 2.79. The highest BCUT2D eigenvalue weighted by atomic mass is 16.5. The van der Waals surface area contributed by atoms with Gasteiger partial charge in [-0.2, -0.15) is 0 Å². The van der Waals surface area contributed by atoms with Gasteiger partial charge in [0.2, 0.25) is 0 Å². The highest BCUT2D eigenvalue weighted by molar-refractivity contribution is 4.82. The highest BCUT2D eigenvalue weighted by Crippen LogP contribution is 2.12. The lowest BCUT2D eigenvalue weighted by Crippen LogP contribution is -2.50. The number of methoxy groups -OCH3 is 1. The van der Waals surface area contributed by atoms with Crippen LogP contribution in [0.5, 0.6) is 0 Å². The van der Waals surface area contributed by atoms with Crippen LogP contribution in [0.4, 0.5) is 0 Å². The monoisotopic (exact) mass is 232 g/mol. The average molecular weight is 232 g/mol. The van der Waals surface area contributed by atoms with Gasteiger partial charge in [0.25, 0.3) is 0 Å². The molecular weight excluding hydrogens is 204 g/mol. The van der Waals surface area contributed by atoms with Crippen molar-refractivity contribution in [3.8, 4) is 0 Å². The number of nitrogens with zero attached hydrogens (tertiary/aromatic N) is 1. The molecule has 16 heavy (non-hydrogen) atoms. The maximum absolute atomic E-state index is 5.79. The van der Waals surface area contributed by atoms with Gasteiger partial charge >= 0.3 is 0 Å². The van der Waals surface area contributed by atoms with E-state index < -0.39 is 0 Å². The molecule has 98 valence electrons. The lowest BCUT2D eigenvalue weighted by molar-refractivity contribution is 0.0361. The van der Waals surface area contributed by atoms with E-state index in [1.165, 1.54) is 0 Å². The summed E-state index contributed by atoms with van der Waals surface area (Å²) in [5.41, 5.74) is 5.84. The molecule has 0 heterocycles. The Hall–Kier alpha value is -0.160. The van der Waals surface area contributed by atoms with Crippen LogP contribution in [0.1, 0.15) is 27.2 Å². The summed E-state index contributed by atoms with van der Waals surface area (Å²) in [6.07, 6.45) is 1.14. The number of hydrogen-bond acceptors (Lipinski definition) is 4. The van der Waals surface area contributed by atoms with Crippen LogP contribution in [0.3, 0.4) is 0 Å². The molecule has 0 saturated heterocycles. The summed E-state index contributed by atoms with van der Waals surface area (Å²) in [7, 11) is 1.68. The summed E-state index contributed by atoms with van der Waals surface area (Å²) < 4.78 is 10.4. The van der Waals surface area contributed by atoms with E-state index in [0.717, 1.165) is 26.1 Å². The van der Waals surface area contributed by atoms with Crippen molar-refractivity contribution < 1.29 is 9.47 Å². The molecule has 0 fully saturated rings. The fraction of sp³-hybridized carbons (Fsp3) is 1.00. The third-order valence-corrected chi connectivity index (χ3v) is 2.79. The van der Waals surface area contributed by atoms with Gasteiger partial charge in [0.05, 0.1) is 19.8 Å². The van der Waals surface area contributed by atoms with E-state index >= 15 is 0 Å². The van der Waals surface area contributed by atoms with Crippen molar-refractivity contribution in [2.75, 3.05) is 46.6 Å². The molecule has 0 unspecified atom stereocenters. The predicted molar refractivity (Wildman–Crippen MR) is 67.7 cm³/mol. The quantitative estimate of drug-likeness (QED) is 0.573. The first-order chi connectivity index (χ1) is 7.58. The zero-order chi connectivity index (χ0) is 12.4. The van der Waals surface area contributed by atoms with Crippen molar-refractivity contribution in [3.05, 3.63) is 0 Å². The van der Waals surface area contributed by atoms with E-state index in [0.29, 0.717) is 19.8 Å². The lowest BCUT2D eigenvalue weighted by atomic mass is 10.0. The first-order valence-corrected chi connectivity index (χ1v) is 6.10. The Morgan fingerprint density at radius 2 is 1.81 bits per heavy atom. The smallest absolute Gasteiger partial charge is 0.0700 e. The number of nitrogens with two attached hydrogens (primary N) is 1. The van der Waals surface area contributed by atoms with Gasteiger partial charge in [-0.3, -0.25) is 4.90 Å². The molecule has 0 radical (unpaired) electrons. The van der Waals surface area contributed by atoms with E-state index in [2.05, 4.69) is 25.7 Å². The topological polar surface area (TPSA) is 47.7 Å². The normalized spacial score (nSPS) is 12.4. The van der Waals surface area contributed by atoms with Gasteiger partial charge in [-0.1, -0.05) is 6.92 Å². The van der Waals surface area contributed by atoms with Crippen molar-refractivity contribution in [2.24, 2.45) is 5.73 Å². The molecule has 2 N–H and O–H groups in total. The Morgan fingerprint density at radius 3 is 2.31 bits per heavy atom. The lowest BCUT2D eigenvalue weighted by Gasteiger charge is -2.37. The highest BCUT2D eigenvalue weighted by Gasteiger charge is 2.23. The van der Waals surface area contributed by atoms with Crippen LogP contribution < -0.4 is 5.73 Å². The van der Waals surface area contributed by atoms with E-state index in [4.69, 9.17) is 15.2 Å². The molecule has 4 nitrogen and oxygen atoms in total. The predicted octanol–water partition coefficient (Wildman–Crippen LogP) is 1.10. The van der Waals surface area contributed by atoms with E-state index in [1.807, 2.05) is 0 Å². The number of rotatable bonds is 10. The maximum Gasteiger partial charge on any atom is 0.0700 e. The van der Waals surface area contributed by atoms with Crippen molar-refractivity contribution in [1.29, 1.82) is 0 Å². The number of hydrogen-bond donors (Lipinski definition) is 1. The molecule has 0 aliphatic rings. The summed E-state index contributed by atoms with van der Waals surface area (Å²) in [4.78, 5) is 2.39. The second kappa shape index (κ2) is 8.93. The van der Waals surface area contributed by atoms with Gasteiger partial charge in [-0.05, 0) is 26.8 Å². The standard InChI is InChI=1S/C12H28N2O2/c1-5-6-14(12(2,3)11-13)7-8-16-10-9-15-4/h5-11,13H2,1-4H3. The molecule has 0 aromatic rings. The minimum Gasteiger partial charge on any atom is -0.382 e. The zero-order valence-electron chi connectivity index (χ0n) is 11.3. The van der Waals surface area contributed by atoms with Crippen molar-refractivity contribution >= 4 is 0 Å². The SMILES string of the molecule is CCCN(CCOCCOC)C(C)(C)CN. The molecule has 0 aliphatic heterocycles. The second-order valence-corrected chi connectivity index (χ2v) is 4.61. The Kier molecular flexibility index (Phi) is 8.84. The first-order valence-electron chi connectivity index (χ1n) is 6.10. The van der Waals surface area contributed by atoms with Crippen LogP contribution in [-0.4, -0.2) is 57.0 Å². The maximum atomic E-state index is 5.79. The fourth-order valence-corrected chi connectivity index (χ4v) is 1.54. The van der Waals surface area contributed by atoms with Crippen LogP contribution in [-0.2, 0) is 9.47 Å². The largest absolute Gasteiger partial charge is 0.382 e. The fourth-order valence-electron chi connectivity index (χ4n) is 1.54. The summed E-state index contributed by atoms with van der Waals surface area (Å²) in [6.45, 7) is 11.3. The van der Waals surface area contributed by atoms with Gasteiger partial charge in [0, 0.05) is 25.7 Å². The Balaban J connectivity index is 3.85. The third kappa shape index (κ3) is 6.43. The molecule has 0 aliphatic carbocycles. The minimum absolute atomic E-state index is 0.0562. The molecule has 0 bridgehead atoms. The van der Waals surface area contributed by atoms with Crippen molar-refractivity contribution in [3.63, 3.8) is 0 Å². The molecular formula is C12H28N2O2. The Labute approximate surface area is 100 Å². The van der Waals surface area contributed by atoms with Gasteiger partial charge in [0.15, 0.2) is 0 Å². The Bertz CT molecular complexity index is 163. The van der Waals surface area contributed by atoms with Crippen LogP contribution >= 0.6 is 0 Å². The molecule has 0 spiro atoms. The summed E-state index contributed by atoms with van der Waals surface area (Å²) in [5, 5.41) is 0. The van der Waals surface area contributed by atoms with Crippen molar-refractivity contribution in [1.82, 2.24) is 4.90 Å². The summed E-state index contributed by atoms with van der Waals surface area (Å²) >= 11 is 0. The Morgan fingerprint density at radius 1 is 1.12 bits per heavy atom. The van der Waals surface area contributed by atoms with E-state index in [9.17, 15) is 0 Å². The van der Waals surface area contributed by atoms with Crippen LogP contribution in [0, 0.1) is 0 Å². The molecule has 0 aromatic heterocycles. The molecule has 0 rings (SSSR count). The van der Waals surface area contributed by atoms with E-state index in [-0.39, 0.29) is 5.54 Å². The van der Waals surface area contributed by atoms with Crippen molar-refractivity contribution in [2.45, 2.75) is 32.7 Å². The van der Waals surface area contributed by atoms with Crippen LogP contribution in [0.25, 0.3) is 0 Å². The first kappa shape index (κ1) is 15.8. The molecule has 0 saturated carbocycles. The second-order valence-electron chi connectivity index (χ2n) is 4.61. The zero-order valence-corrected chi connectivity index (χ0v) is 11.3. The van der Waals surface area contributed by atoms with Gasteiger partial charge in [-0.25, -0.2) is 0 Å². The minimum atomic E-state index is 0.0562. The van der Waals surface area contributed by atoms with E-state index in [1.54, 1.807) is 7.11 Å². The van der Waals surface area contributed by atoms with Gasteiger partial charge < -0.3 is 15.2 Å². The summed E-state index contributed by atoms with van der Waals surface area (Å²) in [6, 6.07) is 0. The number of ether oxygens (including phenoxy) is 2. The molecule has 0 atom stereocenters. The molecule has 0 amide bonds. The molecule has 0 aromatic carbocycles. The summed E-state index contributed by atoms with van der Waals surface area (Å²) in [5.74, 6) is 0.